The molecule has 19 heavy (non-hydrogen) atoms. The second kappa shape index (κ2) is 4.69. The number of rotatable bonds is 3. The van der Waals surface area contributed by atoms with E-state index >= 15 is 0 Å². The zero-order chi connectivity index (χ0) is 13.5. The lowest BCUT2D eigenvalue weighted by atomic mass is 9.87. The summed E-state index contributed by atoms with van der Waals surface area (Å²) in [6.45, 7) is 1.98. The third kappa shape index (κ3) is 1.99. The van der Waals surface area contributed by atoms with Crippen molar-refractivity contribution in [3.63, 3.8) is 0 Å². The summed E-state index contributed by atoms with van der Waals surface area (Å²) in [6, 6.07) is 7.69. The number of hydrogen-bond donors (Lipinski definition) is 2. The number of carbonyl (C=O) groups is 1. The van der Waals surface area contributed by atoms with E-state index in [2.05, 4.69) is 10.2 Å². The summed E-state index contributed by atoms with van der Waals surface area (Å²) < 4.78 is 0. The number of para-hydroxylation sites is 1. The number of carbonyl (C=O) groups excluding carboxylic acids is 1. The molecular weight excluding hydrogens is 262 g/mol. The standard InChI is InChI=1S/C14H18ClN3O/c15-10-4-1-2-5-11(10)17-14(13(16)19)7-9-18-8-3-6-12(14)18/h1-2,4-5,12,17H,3,6-9H2,(H2,16,19). The van der Waals surface area contributed by atoms with Gasteiger partial charge in [0.15, 0.2) is 0 Å². The molecule has 5 heteroatoms. The Bertz CT molecular complexity index is 507. The molecule has 2 heterocycles. The molecule has 0 radical (unpaired) electrons. The normalized spacial score (nSPS) is 30.3. The van der Waals surface area contributed by atoms with Crippen LogP contribution in [-0.2, 0) is 4.79 Å². The van der Waals surface area contributed by atoms with Crippen LogP contribution in [0.3, 0.4) is 0 Å². The molecule has 0 spiro atoms. The molecule has 2 unspecified atom stereocenters. The van der Waals surface area contributed by atoms with Crippen molar-refractivity contribution < 1.29 is 4.79 Å². The maximum absolute atomic E-state index is 12.1. The van der Waals surface area contributed by atoms with Crippen molar-refractivity contribution in [2.75, 3.05) is 18.4 Å². The predicted molar refractivity (Wildman–Crippen MR) is 76.2 cm³/mol. The van der Waals surface area contributed by atoms with E-state index in [-0.39, 0.29) is 11.9 Å². The van der Waals surface area contributed by atoms with Crippen molar-refractivity contribution in [3.8, 4) is 0 Å². The van der Waals surface area contributed by atoms with E-state index in [4.69, 9.17) is 17.3 Å². The Morgan fingerprint density at radius 1 is 1.42 bits per heavy atom. The van der Waals surface area contributed by atoms with E-state index in [1.807, 2.05) is 24.3 Å². The molecule has 0 bridgehead atoms. The Morgan fingerprint density at radius 3 is 2.95 bits per heavy atom. The number of anilines is 1. The lowest BCUT2D eigenvalue weighted by molar-refractivity contribution is -0.122. The molecule has 2 aliphatic rings. The topological polar surface area (TPSA) is 58.4 Å². The molecule has 2 aliphatic heterocycles. The maximum Gasteiger partial charge on any atom is 0.244 e. The molecule has 2 atom stereocenters. The molecule has 1 aromatic rings. The lowest BCUT2D eigenvalue weighted by Gasteiger charge is -2.34. The van der Waals surface area contributed by atoms with Crippen LogP contribution in [0.2, 0.25) is 5.02 Å². The minimum absolute atomic E-state index is 0.196. The highest BCUT2D eigenvalue weighted by Crippen LogP contribution is 2.39. The van der Waals surface area contributed by atoms with Gasteiger partial charge in [0, 0.05) is 12.6 Å². The number of halogens is 1. The van der Waals surface area contributed by atoms with E-state index < -0.39 is 5.54 Å². The van der Waals surface area contributed by atoms with Gasteiger partial charge in [-0.3, -0.25) is 9.69 Å². The van der Waals surface area contributed by atoms with Crippen LogP contribution in [-0.4, -0.2) is 35.5 Å². The summed E-state index contributed by atoms with van der Waals surface area (Å²) in [5.74, 6) is -0.276. The minimum atomic E-state index is -0.679. The van der Waals surface area contributed by atoms with Crippen LogP contribution >= 0.6 is 11.6 Å². The smallest absolute Gasteiger partial charge is 0.244 e. The quantitative estimate of drug-likeness (QED) is 0.888. The highest BCUT2D eigenvalue weighted by Gasteiger charge is 2.53. The van der Waals surface area contributed by atoms with Crippen LogP contribution in [0.1, 0.15) is 19.3 Å². The maximum atomic E-state index is 12.1. The number of amides is 1. The van der Waals surface area contributed by atoms with Gasteiger partial charge in [-0.15, -0.1) is 0 Å². The van der Waals surface area contributed by atoms with E-state index in [9.17, 15) is 4.79 Å². The third-order valence-electron chi connectivity index (χ3n) is 4.40. The van der Waals surface area contributed by atoms with Crippen LogP contribution < -0.4 is 11.1 Å². The summed E-state index contributed by atoms with van der Waals surface area (Å²) in [4.78, 5) is 14.4. The molecular formula is C14H18ClN3O. The number of nitrogens with one attached hydrogen (secondary N) is 1. The fraction of sp³-hybridized carbons (Fsp3) is 0.500. The second-order valence-corrected chi connectivity index (χ2v) is 5.79. The molecule has 0 aromatic heterocycles. The zero-order valence-corrected chi connectivity index (χ0v) is 11.5. The third-order valence-corrected chi connectivity index (χ3v) is 4.73. The molecule has 102 valence electrons. The van der Waals surface area contributed by atoms with Gasteiger partial charge in [-0.1, -0.05) is 23.7 Å². The fourth-order valence-corrected chi connectivity index (χ4v) is 3.62. The van der Waals surface area contributed by atoms with Gasteiger partial charge in [0.05, 0.1) is 10.7 Å². The van der Waals surface area contributed by atoms with Gasteiger partial charge < -0.3 is 11.1 Å². The van der Waals surface area contributed by atoms with Crippen LogP contribution in [0, 0.1) is 0 Å². The Hall–Kier alpha value is -1.26. The summed E-state index contributed by atoms with van der Waals surface area (Å²) in [6.07, 6.45) is 2.89. The Balaban J connectivity index is 1.94. The Labute approximate surface area is 117 Å². The van der Waals surface area contributed by atoms with Gasteiger partial charge >= 0.3 is 0 Å². The molecule has 0 saturated carbocycles. The van der Waals surface area contributed by atoms with Crippen LogP contribution in [0.15, 0.2) is 24.3 Å². The van der Waals surface area contributed by atoms with Gasteiger partial charge in [0.25, 0.3) is 0 Å². The summed E-state index contributed by atoms with van der Waals surface area (Å²) in [7, 11) is 0. The van der Waals surface area contributed by atoms with Gasteiger partial charge in [-0.2, -0.15) is 0 Å². The van der Waals surface area contributed by atoms with E-state index in [1.54, 1.807) is 0 Å². The number of hydrogen-bond acceptors (Lipinski definition) is 3. The minimum Gasteiger partial charge on any atom is -0.369 e. The Morgan fingerprint density at radius 2 is 2.21 bits per heavy atom. The Kier molecular flexibility index (Phi) is 3.15. The average Bonchev–Trinajstić information content (AvgIpc) is 2.96. The van der Waals surface area contributed by atoms with Crippen molar-refractivity contribution in [2.45, 2.75) is 30.8 Å². The molecule has 4 nitrogen and oxygen atoms in total. The largest absolute Gasteiger partial charge is 0.369 e. The molecule has 3 N–H and O–H groups in total. The highest BCUT2D eigenvalue weighted by molar-refractivity contribution is 6.33. The molecule has 0 aliphatic carbocycles. The molecule has 3 rings (SSSR count). The average molecular weight is 280 g/mol. The number of nitrogens with two attached hydrogens (primary N) is 1. The fourth-order valence-electron chi connectivity index (χ4n) is 3.44. The first-order chi connectivity index (χ1) is 9.13. The predicted octanol–water partition coefficient (Wildman–Crippen LogP) is 1.84. The number of nitrogens with zero attached hydrogens (tertiary/aromatic N) is 1. The van der Waals surface area contributed by atoms with Crippen molar-refractivity contribution in [3.05, 3.63) is 29.3 Å². The van der Waals surface area contributed by atoms with Crippen molar-refractivity contribution in [2.24, 2.45) is 5.73 Å². The summed E-state index contributed by atoms with van der Waals surface area (Å²) >= 11 is 6.18. The number of benzene rings is 1. The van der Waals surface area contributed by atoms with Gasteiger partial charge in [0.2, 0.25) is 5.91 Å². The molecule has 2 fully saturated rings. The van der Waals surface area contributed by atoms with Crippen LogP contribution in [0.4, 0.5) is 5.69 Å². The van der Waals surface area contributed by atoms with Gasteiger partial charge in [-0.05, 0) is 37.9 Å². The van der Waals surface area contributed by atoms with E-state index in [0.29, 0.717) is 5.02 Å². The van der Waals surface area contributed by atoms with Crippen LogP contribution in [0.5, 0.6) is 0 Å². The first kappa shape index (κ1) is 12.8. The monoisotopic (exact) mass is 279 g/mol. The summed E-state index contributed by atoms with van der Waals surface area (Å²) in [5, 5.41) is 3.97. The highest BCUT2D eigenvalue weighted by atomic mass is 35.5. The van der Waals surface area contributed by atoms with E-state index in [1.165, 1.54) is 0 Å². The van der Waals surface area contributed by atoms with Gasteiger partial charge in [-0.25, -0.2) is 0 Å². The molecule has 1 amide bonds. The first-order valence-corrected chi connectivity index (χ1v) is 7.08. The van der Waals surface area contributed by atoms with E-state index in [0.717, 1.165) is 38.0 Å². The SMILES string of the molecule is NC(=O)C1(Nc2ccccc2Cl)CCN2CCCC21. The second-order valence-electron chi connectivity index (χ2n) is 5.38. The lowest BCUT2D eigenvalue weighted by Crippen LogP contribution is -2.57. The van der Waals surface area contributed by atoms with Crippen molar-refractivity contribution in [1.82, 2.24) is 4.90 Å². The van der Waals surface area contributed by atoms with Crippen molar-refractivity contribution in [1.29, 1.82) is 0 Å². The summed E-state index contributed by atoms with van der Waals surface area (Å²) in [5.41, 5.74) is 5.82. The number of primary amides is 1. The first-order valence-electron chi connectivity index (χ1n) is 6.70. The molecule has 2 saturated heterocycles. The van der Waals surface area contributed by atoms with Gasteiger partial charge in [0.1, 0.15) is 5.54 Å². The van der Waals surface area contributed by atoms with Crippen molar-refractivity contribution >= 4 is 23.2 Å². The number of fused-ring (bicyclic) bond motifs is 1. The molecule has 1 aromatic carbocycles. The zero-order valence-electron chi connectivity index (χ0n) is 10.7. The van der Waals surface area contributed by atoms with Crippen LogP contribution in [0.25, 0.3) is 0 Å².